The Morgan fingerprint density at radius 3 is 2.54 bits per heavy atom. The van der Waals surface area contributed by atoms with Gasteiger partial charge in [-0.3, -0.25) is 0 Å². The van der Waals surface area contributed by atoms with Gasteiger partial charge in [-0.1, -0.05) is 35.3 Å². The van der Waals surface area contributed by atoms with Crippen molar-refractivity contribution in [1.82, 2.24) is 14.4 Å². The summed E-state index contributed by atoms with van der Waals surface area (Å²) in [5.41, 5.74) is 3.17. The second kappa shape index (κ2) is 12.6. The third-order valence-corrected chi connectivity index (χ3v) is 7.18. The Bertz CT molecular complexity index is 1110. The van der Waals surface area contributed by atoms with Crippen LogP contribution in [-0.4, -0.2) is 52.8 Å². The molecule has 0 saturated carbocycles. The lowest BCUT2D eigenvalue weighted by Crippen LogP contribution is -2.37. The molecule has 0 radical (unpaired) electrons. The molecule has 1 aliphatic heterocycles. The zero-order valence-electron chi connectivity index (χ0n) is 20.1. The maximum atomic E-state index is 6.25. The Morgan fingerprint density at radius 2 is 1.80 bits per heavy atom. The summed E-state index contributed by atoms with van der Waals surface area (Å²) in [6.07, 6.45) is 5.77. The highest BCUT2D eigenvalue weighted by molar-refractivity contribution is 7.80. The van der Waals surface area contributed by atoms with Gasteiger partial charge in [0.2, 0.25) is 0 Å². The number of hydrogen-bond acceptors (Lipinski definition) is 3. The molecule has 8 heteroatoms. The lowest BCUT2D eigenvalue weighted by Gasteiger charge is -2.28. The molecule has 2 heterocycles. The number of hydrogen-bond donors (Lipinski definition) is 1. The molecule has 35 heavy (non-hydrogen) atoms. The predicted molar refractivity (Wildman–Crippen MR) is 150 cm³/mol. The number of methoxy groups -OCH3 is 1. The highest BCUT2D eigenvalue weighted by Gasteiger charge is 2.17. The molecule has 1 fully saturated rings. The standard InChI is InChI=1S/C27H32Cl2N4OS/c1-34-26-12-11-23(29)18-25(26)30-27(35)33(17-5-15-31-13-2-3-14-31)20-24-6-4-16-32(24)19-21-7-9-22(28)10-8-21/h4,6-12,16,18H,2-3,5,13-15,17,19-20H2,1H3,(H,30,35). The molecule has 3 aromatic rings. The van der Waals surface area contributed by atoms with Crippen molar-refractivity contribution in [2.45, 2.75) is 32.4 Å². The van der Waals surface area contributed by atoms with Gasteiger partial charge in [-0.2, -0.15) is 0 Å². The minimum absolute atomic E-state index is 0.633. The first-order valence-corrected chi connectivity index (χ1v) is 13.2. The van der Waals surface area contributed by atoms with Crippen LogP contribution in [0.4, 0.5) is 5.69 Å². The zero-order valence-corrected chi connectivity index (χ0v) is 22.4. The number of nitrogens with zero attached hydrogens (tertiary/aromatic N) is 3. The average molecular weight is 532 g/mol. The van der Waals surface area contributed by atoms with Gasteiger partial charge in [0.1, 0.15) is 5.75 Å². The zero-order chi connectivity index (χ0) is 24.6. The van der Waals surface area contributed by atoms with Crippen LogP contribution in [0.5, 0.6) is 5.75 Å². The summed E-state index contributed by atoms with van der Waals surface area (Å²) in [5.74, 6) is 0.708. The van der Waals surface area contributed by atoms with Gasteiger partial charge >= 0.3 is 0 Å². The normalized spacial score (nSPS) is 13.7. The van der Waals surface area contributed by atoms with Crippen molar-refractivity contribution in [2.75, 3.05) is 38.6 Å². The van der Waals surface area contributed by atoms with Crippen molar-refractivity contribution in [3.63, 3.8) is 0 Å². The van der Waals surface area contributed by atoms with Crippen molar-refractivity contribution in [2.24, 2.45) is 0 Å². The molecule has 4 rings (SSSR count). The molecule has 186 valence electrons. The first-order valence-electron chi connectivity index (χ1n) is 12.0. The van der Waals surface area contributed by atoms with Gasteiger partial charge in [0, 0.05) is 35.0 Å². The van der Waals surface area contributed by atoms with Gasteiger partial charge in [0.05, 0.1) is 19.3 Å². The van der Waals surface area contributed by atoms with Crippen molar-refractivity contribution in [3.8, 4) is 5.75 Å². The summed E-state index contributed by atoms with van der Waals surface area (Å²) in [5, 5.41) is 5.42. The van der Waals surface area contributed by atoms with Gasteiger partial charge in [0.15, 0.2) is 5.11 Å². The van der Waals surface area contributed by atoms with E-state index in [4.69, 9.17) is 40.2 Å². The van der Waals surface area contributed by atoms with Crippen LogP contribution in [0.25, 0.3) is 0 Å². The average Bonchev–Trinajstić information content (AvgIpc) is 3.52. The SMILES string of the molecule is COc1ccc(Cl)cc1NC(=S)N(CCCN1CCCC1)Cc1cccn1Cc1ccc(Cl)cc1. The monoisotopic (exact) mass is 530 g/mol. The highest BCUT2D eigenvalue weighted by atomic mass is 35.5. The van der Waals surface area contributed by atoms with E-state index in [9.17, 15) is 0 Å². The number of rotatable bonds is 10. The number of halogens is 2. The van der Waals surface area contributed by atoms with Crippen LogP contribution < -0.4 is 10.1 Å². The van der Waals surface area contributed by atoms with Crippen LogP contribution in [-0.2, 0) is 13.1 Å². The molecule has 0 spiro atoms. The fourth-order valence-electron chi connectivity index (χ4n) is 4.45. The van der Waals surface area contributed by atoms with E-state index in [-0.39, 0.29) is 0 Å². The van der Waals surface area contributed by atoms with E-state index in [1.165, 1.54) is 37.2 Å². The van der Waals surface area contributed by atoms with Gasteiger partial charge in [0.25, 0.3) is 0 Å². The lowest BCUT2D eigenvalue weighted by molar-refractivity contribution is 0.304. The first kappa shape index (κ1) is 25.8. The topological polar surface area (TPSA) is 32.7 Å². The molecule has 0 aliphatic carbocycles. The number of benzene rings is 2. The molecule has 0 bridgehead atoms. The number of thiocarbonyl (C=S) groups is 1. The molecular weight excluding hydrogens is 499 g/mol. The van der Waals surface area contributed by atoms with Crippen LogP contribution in [0.1, 0.15) is 30.5 Å². The van der Waals surface area contributed by atoms with Crippen LogP contribution in [0, 0.1) is 0 Å². The summed E-state index contributed by atoms with van der Waals surface area (Å²) < 4.78 is 7.77. The van der Waals surface area contributed by atoms with E-state index in [0.717, 1.165) is 36.8 Å². The van der Waals surface area contributed by atoms with E-state index >= 15 is 0 Å². The number of ether oxygens (including phenoxy) is 1. The number of aromatic nitrogens is 1. The Hall–Kier alpha value is -2.25. The molecule has 0 unspecified atom stereocenters. The van der Waals surface area contributed by atoms with Crippen molar-refractivity contribution in [3.05, 3.63) is 82.1 Å². The molecule has 1 aromatic heterocycles. The Labute approximate surface area is 223 Å². The fourth-order valence-corrected chi connectivity index (χ4v) is 5.01. The summed E-state index contributed by atoms with van der Waals surface area (Å²) in [6, 6.07) is 17.8. The largest absolute Gasteiger partial charge is 0.495 e. The van der Waals surface area contributed by atoms with Crippen LogP contribution in [0.3, 0.4) is 0 Å². The summed E-state index contributed by atoms with van der Waals surface area (Å²) in [7, 11) is 1.65. The molecular formula is C27H32Cl2N4OS. The third kappa shape index (κ3) is 7.37. The van der Waals surface area contributed by atoms with E-state index in [1.54, 1.807) is 7.11 Å². The van der Waals surface area contributed by atoms with Crippen LogP contribution in [0.2, 0.25) is 10.0 Å². The Morgan fingerprint density at radius 1 is 1.06 bits per heavy atom. The maximum absolute atomic E-state index is 6.25. The Balaban J connectivity index is 1.48. The molecule has 1 N–H and O–H groups in total. The molecule has 1 saturated heterocycles. The molecule has 0 atom stereocenters. The minimum Gasteiger partial charge on any atom is -0.495 e. The Kier molecular flexibility index (Phi) is 9.32. The number of nitrogens with one attached hydrogen (secondary N) is 1. The van der Waals surface area contributed by atoms with E-state index in [2.05, 4.69) is 50.1 Å². The van der Waals surface area contributed by atoms with E-state index in [1.807, 2.05) is 30.3 Å². The minimum atomic E-state index is 0.633. The molecule has 1 aliphatic rings. The highest BCUT2D eigenvalue weighted by Crippen LogP contribution is 2.28. The van der Waals surface area contributed by atoms with Crippen molar-refractivity contribution in [1.29, 1.82) is 0 Å². The summed E-state index contributed by atoms with van der Waals surface area (Å²) in [4.78, 5) is 4.78. The van der Waals surface area contributed by atoms with Crippen LogP contribution >= 0.6 is 35.4 Å². The fraction of sp³-hybridized carbons (Fsp3) is 0.370. The van der Waals surface area contributed by atoms with Crippen molar-refractivity contribution < 1.29 is 4.74 Å². The quantitative estimate of drug-likeness (QED) is 0.301. The van der Waals surface area contributed by atoms with Gasteiger partial charge in [-0.25, -0.2) is 0 Å². The maximum Gasteiger partial charge on any atom is 0.173 e. The van der Waals surface area contributed by atoms with E-state index in [0.29, 0.717) is 22.4 Å². The van der Waals surface area contributed by atoms with E-state index < -0.39 is 0 Å². The number of anilines is 1. The summed E-state index contributed by atoms with van der Waals surface area (Å²) in [6.45, 7) is 5.83. The lowest BCUT2D eigenvalue weighted by atomic mass is 10.2. The number of likely N-dealkylation sites (tertiary alicyclic amines) is 1. The molecule has 0 amide bonds. The smallest absolute Gasteiger partial charge is 0.173 e. The third-order valence-electron chi connectivity index (χ3n) is 6.33. The van der Waals surface area contributed by atoms with Gasteiger partial charge in [-0.15, -0.1) is 0 Å². The molecule has 2 aromatic carbocycles. The van der Waals surface area contributed by atoms with Crippen molar-refractivity contribution >= 4 is 46.2 Å². The second-order valence-electron chi connectivity index (χ2n) is 8.85. The first-order chi connectivity index (χ1) is 17.0. The predicted octanol–water partition coefficient (Wildman–Crippen LogP) is 6.54. The molecule has 5 nitrogen and oxygen atoms in total. The van der Waals surface area contributed by atoms with Gasteiger partial charge < -0.3 is 24.4 Å². The van der Waals surface area contributed by atoms with Crippen LogP contribution in [0.15, 0.2) is 60.8 Å². The summed E-state index contributed by atoms with van der Waals surface area (Å²) >= 11 is 18.2. The second-order valence-corrected chi connectivity index (χ2v) is 10.1. The van der Waals surface area contributed by atoms with Gasteiger partial charge in [-0.05, 0) is 99.1 Å².